The maximum absolute atomic E-state index is 11.5. The van der Waals surface area contributed by atoms with E-state index in [2.05, 4.69) is 27.8 Å². The van der Waals surface area contributed by atoms with Crippen molar-refractivity contribution in [3.05, 3.63) is 48.5 Å². The molecular weight excluding hydrogens is 248 g/mol. The maximum Gasteiger partial charge on any atom is 0.239 e. The number of hydrogen-bond acceptors (Lipinski definition) is 4. The summed E-state index contributed by atoms with van der Waals surface area (Å²) in [6.45, 7) is 0. The molecule has 18 heavy (non-hydrogen) atoms. The van der Waals surface area contributed by atoms with Crippen molar-refractivity contribution in [2.45, 2.75) is 12.2 Å². The van der Waals surface area contributed by atoms with Gasteiger partial charge in [0.25, 0.3) is 0 Å². The number of aromatic nitrogens is 3. The van der Waals surface area contributed by atoms with Gasteiger partial charge in [-0.15, -0.1) is 10.2 Å². The summed E-state index contributed by atoms with van der Waals surface area (Å²) in [4.78, 5) is 11.5. The van der Waals surface area contributed by atoms with Crippen LogP contribution in [0.4, 0.5) is 0 Å². The summed E-state index contributed by atoms with van der Waals surface area (Å²) in [5.41, 5.74) is 3.94. The van der Waals surface area contributed by atoms with Crippen LogP contribution in [0.2, 0.25) is 0 Å². The van der Waals surface area contributed by atoms with Crippen LogP contribution >= 0.6 is 11.8 Å². The Bertz CT molecular complexity index is 472. The van der Waals surface area contributed by atoms with Crippen molar-refractivity contribution >= 4 is 17.7 Å². The normalized spacial score (nSPS) is 10.2. The molecule has 1 amide bonds. The highest BCUT2D eigenvalue weighted by Gasteiger charge is 2.01. The van der Waals surface area contributed by atoms with Gasteiger partial charge in [-0.2, -0.15) is 11.8 Å². The summed E-state index contributed by atoms with van der Waals surface area (Å²) in [5.74, 6) is 1.69. The van der Waals surface area contributed by atoms with Crippen LogP contribution in [-0.2, 0) is 10.5 Å². The highest BCUT2D eigenvalue weighted by atomic mass is 32.2. The summed E-state index contributed by atoms with van der Waals surface area (Å²) >= 11 is 1.75. The summed E-state index contributed by atoms with van der Waals surface area (Å²) in [6.07, 6.45) is 3.39. The van der Waals surface area contributed by atoms with E-state index in [9.17, 15) is 4.79 Å². The smallest absolute Gasteiger partial charge is 0.239 e. The molecule has 0 unspecified atom stereocenters. The highest BCUT2D eigenvalue weighted by Crippen LogP contribution is 2.12. The minimum Gasteiger partial charge on any atom is -0.273 e. The summed E-state index contributed by atoms with van der Waals surface area (Å²) in [6, 6.07) is 10.2. The summed E-state index contributed by atoms with van der Waals surface area (Å²) < 4.78 is 1.45. The predicted octanol–water partition coefficient (Wildman–Crippen LogP) is 1.67. The molecule has 0 aliphatic heterocycles. The first-order valence-electron chi connectivity index (χ1n) is 5.61. The second kappa shape index (κ2) is 6.80. The second-order valence-electron chi connectivity index (χ2n) is 3.69. The number of carbonyl (C=O) groups excluding carboxylic acids is 1. The van der Waals surface area contributed by atoms with Gasteiger partial charge >= 0.3 is 0 Å². The quantitative estimate of drug-likeness (QED) is 0.805. The lowest BCUT2D eigenvalue weighted by Crippen LogP contribution is -2.21. The van der Waals surface area contributed by atoms with Gasteiger partial charge < -0.3 is 0 Å². The number of rotatable bonds is 6. The molecule has 0 saturated carbocycles. The molecule has 5 nitrogen and oxygen atoms in total. The van der Waals surface area contributed by atoms with Gasteiger partial charge in [-0.05, 0) is 5.56 Å². The van der Waals surface area contributed by atoms with E-state index in [0.29, 0.717) is 6.42 Å². The molecule has 0 fully saturated rings. The molecule has 1 heterocycles. The fourth-order valence-electron chi connectivity index (χ4n) is 1.39. The lowest BCUT2D eigenvalue weighted by molar-refractivity contribution is -0.116. The Morgan fingerprint density at radius 1 is 1.22 bits per heavy atom. The number of thioether (sulfide) groups is 1. The van der Waals surface area contributed by atoms with Crippen LogP contribution in [-0.4, -0.2) is 26.5 Å². The molecular formula is C12H14N4OS. The van der Waals surface area contributed by atoms with E-state index < -0.39 is 0 Å². The fourth-order valence-corrected chi connectivity index (χ4v) is 2.29. The number of nitrogens with zero attached hydrogens (tertiary/aromatic N) is 3. The lowest BCUT2D eigenvalue weighted by atomic mass is 10.2. The van der Waals surface area contributed by atoms with Gasteiger partial charge in [0.2, 0.25) is 5.91 Å². The van der Waals surface area contributed by atoms with Gasteiger partial charge in [0.1, 0.15) is 12.7 Å². The molecule has 0 radical (unpaired) electrons. The molecule has 0 aliphatic carbocycles. The zero-order valence-electron chi connectivity index (χ0n) is 9.82. The van der Waals surface area contributed by atoms with Crippen molar-refractivity contribution in [1.29, 1.82) is 0 Å². The monoisotopic (exact) mass is 262 g/mol. The Morgan fingerprint density at radius 2 is 1.94 bits per heavy atom. The molecule has 0 aliphatic rings. The molecule has 1 N–H and O–H groups in total. The molecule has 0 spiro atoms. The van der Waals surface area contributed by atoms with E-state index in [1.54, 1.807) is 11.8 Å². The van der Waals surface area contributed by atoms with E-state index in [0.717, 1.165) is 11.5 Å². The zero-order chi connectivity index (χ0) is 12.6. The van der Waals surface area contributed by atoms with Gasteiger partial charge in [0.05, 0.1) is 0 Å². The SMILES string of the molecule is O=C(CCSCc1ccccc1)Nn1cnnc1. The Morgan fingerprint density at radius 3 is 2.67 bits per heavy atom. The molecule has 0 saturated heterocycles. The number of amides is 1. The van der Waals surface area contributed by atoms with E-state index in [4.69, 9.17) is 0 Å². The molecule has 1 aromatic heterocycles. The van der Waals surface area contributed by atoms with E-state index in [1.165, 1.54) is 22.9 Å². The fraction of sp³-hybridized carbons (Fsp3) is 0.250. The number of carbonyl (C=O) groups is 1. The predicted molar refractivity (Wildman–Crippen MR) is 71.6 cm³/mol. The number of benzene rings is 1. The summed E-state index contributed by atoms with van der Waals surface area (Å²) in [5, 5.41) is 7.21. The van der Waals surface area contributed by atoms with Crippen LogP contribution in [0.3, 0.4) is 0 Å². The molecule has 2 rings (SSSR count). The van der Waals surface area contributed by atoms with Crippen LogP contribution in [0.25, 0.3) is 0 Å². The highest BCUT2D eigenvalue weighted by molar-refractivity contribution is 7.98. The first kappa shape index (κ1) is 12.6. The van der Waals surface area contributed by atoms with Crippen molar-refractivity contribution in [3.8, 4) is 0 Å². The molecule has 6 heteroatoms. The topological polar surface area (TPSA) is 59.8 Å². The maximum atomic E-state index is 11.5. The molecule has 1 aromatic carbocycles. The van der Waals surface area contributed by atoms with Crippen LogP contribution in [0.1, 0.15) is 12.0 Å². The molecule has 0 bridgehead atoms. The van der Waals surface area contributed by atoms with Gasteiger partial charge in [0.15, 0.2) is 0 Å². The van der Waals surface area contributed by atoms with Crippen LogP contribution in [0.15, 0.2) is 43.0 Å². The standard InChI is InChI=1S/C12H14N4OS/c17-12(15-16-9-13-14-10-16)6-7-18-8-11-4-2-1-3-5-11/h1-5,9-10H,6-8H2,(H,15,17). The van der Waals surface area contributed by atoms with Crippen LogP contribution in [0, 0.1) is 0 Å². The molecule has 2 aromatic rings. The Balaban J connectivity index is 1.62. The van der Waals surface area contributed by atoms with Gasteiger partial charge in [0, 0.05) is 17.9 Å². The zero-order valence-corrected chi connectivity index (χ0v) is 10.6. The van der Waals surface area contributed by atoms with Crippen LogP contribution in [0.5, 0.6) is 0 Å². The van der Waals surface area contributed by atoms with E-state index >= 15 is 0 Å². The van der Waals surface area contributed by atoms with Gasteiger partial charge in [-0.1, -0.05) is 30.3 Å². The minimum absolute atomic E-state index is 0.0321. The van der Waals surface area contributed by atoms with Crippen molar-refractivity contribution in [2.75, 3.05) is 11.2 Å². The third-order valence-corrected chi connectivity index (χ3v) is 3.29. The second-order valence-corrected chi connectivity index (χ2v) is 4.80. The summed E-state index contributed by atoms with van der Waals surface area (Å²) in [7, 11) is 0. The van der Waals surface area contributed by atoms with Crippen molar-refractivity contribution in [3.63, 3.8) is 0 Å². The third kappa shape index (κ3) is 4.21. The van der Waals surface area contributed by atoms with Crippen molar-refractivity contribution in [2.24, 2.45) is 0 Å². The van der Waals surface area contributed by atoms with Crippen molar-refractivity contribution < 1.29 is 4.79 Å². The lowest BCUT2D eigenvalue weighted by Gasteiger charge is -2.04. The first-order valence-corrected chi connectivity index (χ1v) is 6.76. The largest absolute Gasteiger partial charge is 0.273 e. The third-order valence-electron chi connectivity index (χ3n) is 2.26. The Kier molecular flexibility index (Phi) is 4.78. The minimum atomic E-state index is -0.0321. The molecule has 0 atom stereocenters. The van der Waals surface area contributed by atoms with E-state index in [1.807, 2.05) is 18.2 Å². The molecule has 94 valence electrons. The van der Waals surface area contributed by atoms with Crippen molar-refractivity contribution in [1.82, 2.24) is 14.9 Å². The number of hydrogen-bond donors (Lipinski definition) is 1. The average molecular weight is 262 g/mol. The van der Waals surface area contributed by atoms with Gasteiger partial charge in [-0.25, -0.2) is 4.68 Å². The van der Waals surface area contributed by atoms with E-state index in [-0.39, 0.29) is 5.91 Å². The number of nitrogens with one attached hydrogen (secondary N) is 1. The van der Waals surface area contributed by atoms with Crippen LogP contribution < -0.4 is 5.43 Å². The first-order chi connectivity index (χ1) is 8.84. The average Bonchev–Trinajstić information content (AvgIpc) is 2.89. The Labute approximate surface area is 110 Å². The van der Waals surface area contributed by atoms with Gasteiger partial charge in [-0.3, -0.25) is 10.2 Å². The Hall–Kier alpha value is -1.82.